The predicted octanol–water partition coefficient (Wildman–Crippen LogP) is 1.69. The van der Waals surface area contributed by atoms with Crippen LogP contribution in [0.15, 0.2) is 29.3 Å². The summed E-state index contributed by atoms with van der Waals surface area (Å²) in [6.45, 7) is 12.9. The first-order chi connectivity index (χ1) is 14.0. The molecule has 1 fully saturated rings. The van der Waals surface area contributed by atoms with Gasteiger partial charge in [0.05, 0.1) is 25.4 Å². The predicted molar refractivity (Wildman–Crippen MR) is 134 cm³/mol. The Bertz CT molecular complexity index is 679. The SMILES string of the molecule is CCNC(=NCC(C)(O)CN1CCOCC1)NCCN1c2ccccc2CC1C.I. The molecule has 2 unspecified atom stereocenters. The van der Waals surface area contributed by atoms with E-state index in [0.29, 0.717) is 19.1 Å². The molecule has 30 heavy (non-hydrogen) atoms. The second kappa shape index (κ2) is 12.1. The topological polar surface area (TPSA) is 72.4 Å². The molecule has 1 saturated heterocycles. The van der Waals surface area contributed by atoms with Crippen LogP contribution in [-0.2, 0) is 11.2 Å². The number of morpholine rings is 1. The first-order valence-corrected chi connectivity index (χ1v) is 10.9. The van der Waals surface area contributed by atoms with Gasteiger partial charge in [0.2, 0.25) is 0 Å². The number of nitrogens with zero attached hydrogens (tertiary/aromatic N) is 3. The molecular weight excluding hydrogens is 493 g/mol. The number of halogens is 1. The largest absolute Gasteiger partial charge is 0.387 e. The van der Waals surface area contributed by atoms with Gasteiger partial charge >= 0.3 is 0 Å². The molecular formula is C22H38IN5O2. The Morgan fingerprint density at radius 1 is 1.27 bits per heavy atom. The van der Waals surface area contributed by atoms with Gasteiger partial charge in [-0.2, -0.15) is 0 Å². The van der Waals surface area contributed by atoms with Crippen LogP contribution < -0.4 is 15.5 Å². The van der Waals surface area contributed by atoms with Crippen LogP contribution in [0.2, 0.25) is 0 Å². The Kier molecular flexibility index (Phi) is 10.1. The fourth-order valence-corrected chi connectivity index (χ4v) is 4.15. The molecule has 3 rings (SSSR count). The van der Waals surface area contributed by atoms with Crippen LogP contribution >= 0.6 is 24.0 Å². The molecule has 0 bridgehead atoms. The first kappa shape index (κ1) is 25.2. The number of rotatable bonds is 8. The molecule has 0 aromatic heterocycles. The minimum absolute atomic E-state index is 0. The second-order valence-electron chi connectivity index (χ2n) is 8.38. The third kappa shape index (κ3) is 7.25. The summed E-state index contributed by atoms with van der Waals surface area (Å²) in [5.74, 6) is 0.759. The third-order valence-electron chi connectivity index (χ3n) is 5.58. The van der Waals surface area contributed by atoms with Crippen LogP contribution in [0.3, 0.4) is 0 Å². The van der Waals surface area contributed by atoms with E-state index in [1.165, 1.54) is 11.3 Å². The van der Waals surface area contributed by atoms with E-state index in [9.17, 15) is 5.11 Å². The number of hydrogen-bond donors (Lipinski definition) is 3. The van der Waals surface area contributed by atoms with E-state index in [1.54, 1.807) is 0 Å². The molecule has 1 aromatic carbocycles. The average Bonchev–Trinajstić information content (AvgIpc) is 3.02. The molecule has 0 amide bonds. The Hall–Kier alpha value is -1.10. The average molecular weight is 531 g/mol. The maximum absolute atomic E-state index is 10.8. The van der Waals surface area contributed by atoms with Crippen molar-refractivity contribution in [3.63, 3.8) is 0 Å². The number of anilines is 1. The van der Waals surface area contributed by atoms with Crippen LogP contribution in [0, 0.1) is 0 Å². The summed E-state index contributed by atoms with van der Waals surface area (Å²) in [4.78, 5) is 9.35. The summed E-state index contributed by atoms with van der Waals surface area (Å²) in [5.41, 5.74) is 1.92. The molecule has 1 aromatic rings. The number of nitrogens with one attached hydrogen (secondary N) is 2. The summed E-state index contributed by atoms with van der Waals surface area (Å²) in [7, 11) is 0. The van der Waals surface area contributed by atoms with Gasteiger partial charge in [-0.3, -0.25) is 9.89 Å². The summed E-state index contributed by atoms with van der Waals surface area (Å²) >= 11 is 0. The van der Waals surface area contributed by atoms with E-state index in [0.717, 1.165) is 58.3 Å². The van der Waals surface area contributed by atoms with Crippen molar-refractivity contribution in [1.82, 2.24) is 15.5 Å². The van der Waals surface area contributed by atoms with Crippen molar-refractivity contribution in [2.45, 2.75) is 38.8 Å². The van der Waals surface area contributed by atoms with Gasteiger partial charge in [-0.15, -0.1) is 24.0 Å². The van der Waals surface area contributed by atoms with E-state index < -0.39 is 5.60 Å². The van der Waals surface area contributed by atoms with Gasteiger partial charge in [-0.05, 0) is 38.8 Å². The molecule has 170 valence electrons. The molecule has 2 aliphatic heterocycles. The van der Waals surface area contributed by atoms with E-state index in [4.69, 9.17) is 4.74 Å². The minimum atomic E-state index is -0.859. The molecule has 0 saturated carbocycles. The number of hydrogen-bond acceptors (Lipinski definition) is 5. The number of para-hydroxylation sites is 1. The van der Waals surface area contributed by atoms with Crippen LogP contribution in [-0.4, -0.2) is 86.6 Å². The molecule has 7 nitrogen and oxygen atoms in total. The standard InChI is InChI=1S/C22H37N5O2.HI/c1-4-23-21(25-16-22(3,28)17-26-11-13-29-14-12-26)24-9-10-27-18(2)15-19-7-5-6-8-20(19)27;/h5-8,18,28H,4,9-17H2,1-3H3,(H2,23,24,25);1H. The lowest BCUT2D eigenvalue weighted by Gasteiger charge is -2.33. The number of fused-ring (bicyclic) bond motifs is 1. The number of guanidine groups is 1. The smallest absolute Gasteiger partial charge is 0.191 e. The monoisotopic (exact) mass is 531 g/mol. The lowest BCUT2D eigenvalue weighted by atomic mass is 10.1. The van der Waals surface area contributed by atoms with Gasteiger partial charge in [-0.1, -0.05) is 18.2 Å². The maximum atomic E-state index is 10.8. The highest BCUT2D eigenvalue weighted by Crippen LogP contribution is 2.31. The number of ether oxygens (including phenoxy) is 1. The molecule has 3 N–H and O–H groups in total. The van der Waals surface area contributed by atoms with E-state index in [-0.39, 0.29) is 24.0 Å². The van der Waals surface area contributed by atoms with Gasteiger partial charge in [0.1, 0.15) is 0 Å². The van der Waals surface area contributed by atoms with Gasteiger partial charge in [0.25, 0.3) is 0 Å². The van der Waals surface area contributed by atoms with Gasteiger partial charge in [0.15, 0.2) is 5.96 Å². The van der Waals surface area contributed by atoms with Gasteiger partial charge < -0.3 is 25.4 Å². The van der Waals surface area contributed by atoms with Crippen molar-refractivity contribution in [1.29, 1.82) is 0 Å². The lowest BCUT2D eigenvalue weighted by Crippen LogP contribution is -2.48. The summed E-state index contributed by atoms with van der Waals surface area (Å²) in [5, 5.41) is 17.5. The molecule has 8 heteroatoms. The molecule has 0 aliphatic carbocycles. The first-order valence-electron chi connectivity index (χ1n) is 10.9. The van der Waals surface area contributed by atoms with E-state index in [1.807, 2.05) is 6.92 Å². The highest BCUT2D eigenvalue weighted by molar-refractivity contribution is 14.0. The third-order valence-corrected chi connectivity index (χ3v) is 5.58. The summed E-state index contributed by atoms with van der Waals surface area (Å²) < 4.78 is 5.39. The Morgan fingerprint density at radius 3 is 2.73 bits per heavy atom. The molecule has 2 heterocycles. The lowest BCUT2D eigenvalue weighted by molar-refractivity contribution is -0.0179. The second-order valence-corrected chi connectivity index (χ2v) is 8.38. The van der Waals surface area contributed by atoms with Gasteiger partial charge in [0, 0.05) is 51.0 Å². The van der Waals surface area contributed by atoms with Crippen molar-refractivity contribution < 1.29 is 9.84 Å². The zero-order valence-corrected chi connectivity index (χ0v) is 20.9. The minimum Gasteiger partial charge on any atom is -0.387 e. The van der Waals surface area contributed by atoms with E-state index in [2.05, 4.69) is 63.5 Å². The highest BCUT2D eigenvalue weighted by Gasteiger charge is 2.26. The summed E-state index contributed by atoms with van der Waals surface area (Å²) in [6.07, 6.45) is 1.11. The Morgan fingerprint density at radius 2 is 2.00 bits per heavy atom. The maximum Gasteiger partial charge on any atom is 0.191 e. The quantitative estimate of drug-likeness (QED) is 0.270. The van der Waals surface area contributed by atoms with Crippen molar-refractivity contribution in [2.24, 2.45) is 4.99 Å². The number of benzene rings is 1. The fraction of sp³-hybridized carbons (Fsp3) is 0.682. The van der Waals surface area contributed by atoms with Crippen LogP contribution in [0.5, 0.6) is 0 Å². The Labute approximate surface area is 198 Å². The Balaban J connectivity index is 0.00000320. The highest BCUT2D eigenvalue weighted by atomic mass is 127. The number of aliphatic imine (C=N–C) groups is 1. The van der Waals surface area contributed by atoms with Crippen LogP contribution in [0.1, 0.15) is 26.3 Å². The number of β-amino-alcohol motifs (C(OH)–C–C–N with tert-alkyl or cyclic N) is 1. The normalized spacial score (nSPS) is 21.5. The van der Waals surface area contributed by atoms with Crippen LogP contribution in [0.25, 0.3) is 0 Å². The van der Waals surface area contributed by atoms with Crippen molar-refractivity contribution in [3.8, 4) is 0 Å². The zero-order valence-electron chi connectivity index (χ0n) is 18.6. The van der Waals surface area contributed by atoms with Crippen molar-refractivity contribution >= 4 is 35.6 Å². The molecule has 2 atom stereocenters. The van der Waals surface area contributed by atoms with E-state index >= 15 is 0 Å². The van der Waals surface area contributed by atoms with Crippen molar-refractivity contribution in [2.75, 3.05) is 63.9 Å². The fourth-order valence-electron chi connectivity index (χ4n) is 4.15. The zero-order chi connectivity index (χ0) is 20.7. The molecule has 0 spiro atoms. The molecule has 0 radical (unpaired) electrons. The van der Waals surface area contributed by atoms with Crippen molar-refractivity contribution in [3.05, 3.63) is 29.8 Å². The number of aliphatic hydroxyl groups is 1. The molecule has 2 aliphatic rings. The van der Waals surface area contributed by atoms with Crippen LogP contribution in [0.4, 0.5) is 5.69 Å². The summed E-state index contributed by atoms with van der Waals surface area (Å²) in [6, 6.07) is 9.18. The van der Waals surface area contributed by atoms with Gasteiger partial charge in [-0.25, -0.2) is 0 Å².